The van der Waals surface area contributed by atoms with E-state index >= 15 is 0 Å². The van der Waals surface area contributed by atoms with Crippen molar-refractivity contribution in [2.75, 3.05) is 40.3 Å². The normalized spacial score (nSPS) is 15.8. The topological polar surface area (TPSA) is 60.0 Å². The summed E-state index contributed by atoms with van der Waals surface area (Å²) in [5.41, 5.74) is 3.24. The highest BCUT2D eigenvalue weighted by molar-refractivity contribution is 14.0. The molecule has 6 nitrogen and oxygen atoms in total. The fraction of sp³-hybridized carbons (Fsp3) is 0.481. The van der Waals surface area contributed by atoms with Gasteiger partial charge in [0.1, 0.15) is 0 Å². The Morgan fingerprint density at radius 1 is 1.12 bits per heavy atom. The fourth-order valence-corrected chi connectivity index (χ4v) is 4.30. The van der Waals surface area contributed by atoms with E-state index in [2.05, 4.69) is 65.8 Å². The lowest BCUT2D eigenvalue weighted by atomic mass is 10.0. The number of carbonyl (C=O) groups is 1. The molecule has 2 aromatic rings. The quantitative estimate of drug-likeness (QED) is 0.279. The zero-order valence-corrected chi connectivity index (χ0v) is 23.3. The Hall–Kier alpha value is -2.13. The average molecular weight is 578 g/mol. The summed E-state index contributed by atoms with van der Waals surface area (Å²) in [5, 5.41) is 7.02. The van der Waals surface area contributed by atoms with Crippen molar-refractivity contribution in [2.45, 2.75) is 45.2 Å². The molecule has 0 aromatic heterocycles. The molecule has 1 atom stereocenters. The Balaban J connectivity index is 0.00000408. The molecule has 0 saturated carbocycles. The number of piperidine rings is 1. The van der Waals surface area contributed by atoms with E-state index in [4.69, 9.17) is 4.99 Å². The van der Waals surface area contributed by atoms with Gasteiger partial charge in [-0.1, -0.05) is 42.5 Å². The number of guanidine groups is 1. The van der Waals surface area contributed by atoms with Gasteiger partial charge in [-0.2, -0.15) is 0 Å². The zero-order chi connectivity index (χ0) is 23.6. The lowest BCUT2D eigenvalue weighted by Crippen LogP contribution is -2.49. The second-order valence-corrected chi connectivity index (χ2v) is 8.95. The van der Waals surface area contributed by atoms with Gasteiger partial charge in [-0.25, -0.2) is 0 Å². The lowest BCUT2D eigenvalue weighted by molar-refractivity contribution is 0.0827. The molecule has 2 N–H and O–H groups in total. The molecular weight excluding hydrogens is 537 g/mol. The van der Waals surface area contributed by atoms with Crippen LogP contribution in [0.5, 0.6) is 0 Å². The van der Waals surface area contributed by atoms with E-state index in [0.29, 0.717) is 18.6 Å². The van der Waals surface area contributed by atoms with Crippen molar-refractivity contribution in [3.05, 3.63) is 71.3 Å². The number of likely N-dealkylation sites (tertiary alicyclic amines) is 1. The maximum atomic E-state index is 12.2. The van der Waals surface area contributed by atoms with E-state index < -0.39 is 0 Å². The van der Waals surface area contributed by atoms with Crippen molar-refractivity contribution in [3.8, 4) is 0 Å². The second-order valence-electron chi connectivity index (χ2n) is 8.95. The Morgan fingerprint density at radius 2 is 1.82 bits per heavy atom. The van der Waals surface area contributed by atoms with E-state index in [1.54, 1.807) is 19.0 Å². The molecule has 1 amide bonds. The molecular formula is C27H40IN5O. The summed E-state index contributed by atoms with van der Waals surface area (Å²) in [7, 11) is 3.56. The first-order valence-electron chi connectivity index (χ1n) is 12.1. The molecule has 1 aliphatic heterocycles. The van der Waals surface area contributed by atoms with Gasteiger partial charge < -0.3 is 15.5 Å². The molecule has 2 aromatic carbocycles. The van der Waals surface area contributed by atoms with Gasteiger partial charge in [0.15, 0.2) is 5.96 Å². The van der Waals surface area contributed by atoms with E-state index in [-0.39, 0.29) is 29.9 Å². The number of halogens is 1. The maximum Gasteiger partial charge on any atom is 0.253 e. The van der Waals surface area contributed by atoms with Gasteiger partial charge in [0, 0.05) is 57.9 Å². The third kappa shape index (κ3) is 8.27. The largest absolute Gasteiger partial charge is 0.357 e. The molecule has 1 aliphatic rings. The van der Waals surface area contributed by atoms with Gasteiger partial charge in [0.25, 0.3) is 5.91 Å². The summed E-state index contributed by atoms with van der Waals surface area (Å²) in [4.78, 5) is 21.2. The summed E-state index contributed by atoms with van der Waals surface area (Å²) >= 11 is 0. The first-order chi connectivity index (χ1) is 16.0. The standard InChI is InChI=1S/C27H39N5O.HI/c1-5-28-27(29-17-14-22-10-9-13-24(20-22)26(33)31(3)4)30-25-15-18-32(19-16-25)21(2)23-11-7-6-8-12-23;/h6-13,20-21,25H,5,14-19H2,1-4H3,(H2,28,29,30);1H. The summed E-state index contributed by atoms with van der Waals surface area (Å²) in [6, 6.07) is 19.5. The molecule has 1 unspecified atom stereocenters. The van der Waals surface area contributed by atoms with Gasteiger partial charge in [-0.15, -0.1) is 24.0 Å². The van der Waals surface area contributed by atoms with Crippen molar-refractivity contribution in [2.24, 2.45) is 4.99 Å². The molecule has 1 heterocycles. The van der Waals surface area contributed by atoms with E-state index in [0.717, 1.165) is 56.0 Å². The highest BCUT2D eigenvalue weighted by Gasteiger charge is 2.24. The number of carbonyl (C=O) groups excluding carboxylic acids is 1. The Labute approximate surface area is 222 Å². The number of hydrogen-bond acceptors (Lipinski definition) is 3. The molecule has 0 aliphatic carbocycles. The summed E-state index contributed by atoms with van der Waals surface area (Å²) in [6.07, 6.45) is 3.02. The Morgan fingerprint density at radius 3 is 2.47 bits per heavy atom. The number of nitrogens with one attached hydrogen (secondary N) is 2. The lowest BCUT2D eigenvalue weighted by Gasteiger charge is -2.37. The number of benzene rings is 2. The van der Waals surface area contributed by atoms with Gasteiger partial charge in [0.2, 0.25) is 0 Å². The molecule has 1 fully saturated rings. The minimum Gasteiger partial charge on any atom is -0.357 e. The van der Waals surface area contributed by atoms with Crippen LogP contribution in [0.4, 0.5) is 0 Å². The molecule has 7 heteroatoms. The third-order valence-electron chi connectivity index (χ3n) is 6.29. The van der Waals surface area contributed by atoms with Gasteiger partial charge in [-0.3, -0.25) is 14.7 Å². The third-order valence-corrected chi connectivity index (χ3v) is 6.29. The van der Waals surface area contributed by atoms with Gasteiger partial charge in [0.05, 0.1) is 0 Å². The second kappa shape index (κ2) is 14.3. The minimum absolute atomic E-state index is 0. The summed E-state index contributed by atoms with van der Waals surface area (Å²) in [5.74, 6) is 0.913. The molecule has 34 heavy (non-hydrogen) atoms. The van der Waals surface area contributed by atoms with E-state index in [9.17, 15) is 4.79 Å². The predicted molar refractivity (Wildman–Crippen MR) is 152 cm³/mol. The number of rotatable bonds is 8. The predicted octanol–water partition coefficient (Wildman–Crippen LogP) is 4.33. The van der Waals surface area contributed by atoms with E-state index in [1.807, 2.05) is 18.2 Å². The fourth-order valence-electron chi connectivity index (χ4n) is 4.30. The summed E-state index contributed by atoms with van der Waals surface area (Å²) in [6.45, 7) is 8.08. The van der Waals surface area contributed by atoms with Crippen molar-refractivity contribution in [1.29, 1.82) is 0 Å². The van der Waals surface area contributed by atoms with Gasteiger partial charge in [-0.05, 0) is 56.4 Å². The average Bonchev–Trinajstić information content (AvgIpc) is 2.84. The maximum absolute atomic E-state index is 12.2. The molecule has 0 radical (unpaired) electrons. The highest BCUT2D eigenvalue weighted by atomic mass is 127. The number of aliphatic imine (C=N–C) groups is 1. The van der Waals surface area contributed by atoms with Crippen LogP contribution in [0, 0.1) is 0 Å². The molecule has 0 bridgehead atoms. The van der Waals surface area contributed by atoms with E-state index in [1.165, 1.54) is 5.56 Å². The first-order valence-corrected chi connectivity index (χ1v) is 12.1. The van der Waals surface area contributed by atoms with Crippen LogP contribution >= 0.6 is 24.0 Å². The SMILES string of the molecule is CCNC(=NCCc1cccc(C(=O)N(C)C)c1)NC1CCN(C(C)c2ccccc2)CC1.I. The van der Waals surface area contributed by atoms with Crippen molar-refractivity contribution in [3.63, 3.8) is 0 Å². The van der Waals surface area contributed by atoms with Crippen LogP contribution in [-0.4, -0.2) is 68.0 Å². The van der Waals surface area contributed by atoms with Crippen LogP contribution in [-0.2, 0) is 6.42 Å². The number of nitrogens with zero attached hydrogens (tertiary/aromatic N) is 3. The molecule has 3 rings (SSSR count). The highest BCUT2D eigenvalue weighted by Crippen LogP contribution is 2.24. The van der Waals surface area contributed by atoms with Crippen LogP contribution in [0.25, 0.3) is 0 Å². The molecule has 186 valence electrons. The molecule has 1 saturated heterocycles. The van der Waals surface area contributed by atoms with Crippen molar-refractivity contribution in [1.82, 2.24) is 20.4 Å². The van der Waals surface area contributed by atoms with Crippen LogP contribution in [0.1, 0.15) is 54.2 Å². The van der Waals surface area contributed by atoms with Crippen LogP contribution in [0.3, 0.4) is 0 Å². The minimum atomic E-state index is 0. The van der Waals surface area contributed by atoms with Crippen LogP contribution in [0.15, 0.2) is 59.6 Å². The smallest absolute Gasteiger partial charge is 0.253 e. The van der Waals surface area contributed by atoms with Crippen LogP contribution < -0.4 is 10.6 Å². The van der Waals surface area contributed by atoms with Gasteiger partial charge >= 0.3 is 0 Å². The number of amides is 1. The van der Waals surface area contributed by atoms with Crippen molar-refractivity contribution < 1.29 is 4.79 Å². The Kier molecular flexibility index (Phi) is 11.8. The Bertz CT molecular complexity index is 910. The first kappa shape index (κ1) is 28.1. The monoisotopic (exact) mass is 577 g/mol. The van der Waals surface area contributed by atoms with Crippen LogP contribution in [0.2, 0.25) is 0 Å². The number of hydrogen-bond donors (Lipinski definition) is 2. The molecule has 0 spiro atoms. The zero-order valence-electron chi connectivity index (χ0n) is 21.0. The van der Waals surface area contributed by atoms with Crippen molar-refractivity contribution >= 4 is 35.8 Å². The summed E-state index contributed by atoms with van der Waals surface area (Å²) < 4.78 is 0.